The van der Waals surface area contributed by atoms with E-state index >= 15 is 0 Å². The smallest absolute Gasteiger partial charge is 0.303 e. The minimum Gasteiger partial charge on any atom is -0.392 e. The number of nitrogens with zero attached hydrogens (tertiary/aromatic N) is 2. The number of benzene rings is 4. The van der Waals surface area contributed by atoms with Gasteiger partial charge >= 0.3 is 5.87 Å². The van der Waals surface area contributed by atoms with E-state index < -0.39 is 0 Å². The van der Waals surface area contributed by atoms with Crippen LogP contribution in [-0.2, 0) is 42.5 Å². The van der Waals surface area contributed by atoms with Crippen LogP contribution >= 0.6 is 0 Å². The molecule has 4 aromatic rings. The Kier molecular flexibility index (Phi) is 31.7. The van der Waals surface area contributed by atoms with Crippen molar-refractivity contribution in [2.75, 3.05) is 0 Å². The molecule has 4 aromatic carbocycles. The van der Waals surface area contributed by atoms with Gasteiger partial charge in [-0.15, -0.1) is 4.79 Å². The molecule has 0 amide bonds. The predicted molar refractivity (Wildman–Crippen MR) is 244 cm³/mol. The summed E-state index contributed by atoms with van der Waals surface area (Å²) in [6.07, 6.45) is 22.9. The normalized spacial score (nSPS) is 10.7. The van der Waals surface area contributed by atoms with Crippen LogP contribution in [0.15, 0.2) is 120 Å². The van der Waals surface area contributed by atoms with Crippen LogP contribution in [0, 0.1) is 0 Å². The van der Waals surface area contributed by atoms with Crippen LogP contribution in [0.25, 0.3) is 11.1 Å². The Labute approximate surface area is 363 Å². The van der Waals surface area contributed by atoms with E-state index in [1.54, 1.807) is 0 Å². The molecular weight excluding hydrogens is 755 g/mol. The number of hydrogen-bond donors (Lipinski definition) is 2. The van der Waals surface area contributed by atoms with E-state index in [9.17, 15) is 5.53 Å². The minimum atomic E-state index is 0. The first-order valence-electron chi connectivity index (χ1n) is 22.2. The maximum atomic E-state index is 9.62. The molecule has 0 radical (unpaired) electrons. The third-order valence-electron chi connectivity index (χ3n) is 10.3. The fourth-order valence-corrected chi connectivity index (χ4v) is 6.93. The van der Waals surface area contributed by atoms with Gasteiger partial charge in [-0.3, -0.25) is 0 Å². The molecule has 4 rings (SSSR count). The van der Waals surface area contributed by atoms with Crippen molar-refractivity contribution in [3.8, 4) is 0 Å². The molecule has 58 heavy (non-hydrogen) atoms. The van der Waals surface area contributed by atoms with Gasteiger partial charge in [-0.2, -0.15) is 0 Å². The SMILES string of the molecule is CCCCCCCCc1ccc(C(=C(CCCCC)C(=C=[N+]=[N-])CCCC)c2cccc(CCCCCC)c2)cc1.OCc1ccccc1.OCc1ccccc1.[Ni]. The number of aryl methyl sites for hydroxylation is 2. The summed E-state index contributed by atoms with van der Waals surface area (Å²) >= 11 is 0. The van der Waals surface area contributed by atoms with Crippen molar-refractivity contribution in [1.82, 2.24) is 0 Å². The molecule has 0 spiro atoms. The van der Waals surface area contributed by atoms with Crippen molar-refractivity contribution in [3.63, 3.8) is 0 Å². The van der Waals surface area contributed by atoms with Crippen LogP contribution < -0.4 is 0 Å². The first kappa shape index (κ1) is 52.2. The Morgan fingerprint density at radius 1 is 0.483 bits per heavy atom. The summed E-state index contributed by atoms with van der Waals surface area (Å²) in [7, 11) is 0. The molecule has 2 N–H and O–H groups in total. The van der Waals surface area contributed by atoms with Gasteiger partial charge in [-0.25, -0.2) is 0 Å². The Balaban J connectivity index is 0.000000809. The molecule has 0 aromatic heterocycles. The van der Waals surface area contributed by atoms with Crippen LogP contribution in [-0.4, -0.2) is 20.9 Å². The zero-order valence-electron chi connectivity index (χ0n) is 36.3. The van der Waals surface area contributed by atoms with Crippen LogP contribution in [0.2, 0.25) is 0 Å². The van der Waals surface area contributed by atoms with Gasteiger partial charge < -0.3 is 15.7 Å². The summed E-state index contributed by atoms with van der Waals surface area (Å²) in [6, 6.07) is 37.6. The largest absolute Gasteiger partial charge is 0.392 e. The Bertz CT molecular complexity index is 1670. The molecular formula is C53H74N2NiO2. The molecule has 4 nitrogen and oxygen atoms in total. The second kappa shape index (κ2) is 35.2. The Morgan fingerprint density at radius 2 is 0.966 bits per heavy atom. The minimum absolute atomic E-state index is 0. The maximum Gasteiger partial charge on any atom is 0.303 e. The van der Waals surface area contributed by atoms with E-state index in [2.05, 4.69) is 86.9 Å². The van der Waals surface area contributed by atoms with Gasteiger partial charge in [-0.05, 0) is 95.9 Å². The summed E-state index contributed by atoms with van der Waals surface area (Å²) in [5.41, 5.74) is 20.6. The summed E-state index contributed by atoms with van der Waals surface area (Å²) in [5, 5.41) is 17.1. The number of unbranched alkanes of at least 4 members (excludes halogenated alkanes) is 11. The monoisotopic (exact) mass is 829 g/mol. The second-order valence-electron chi connectivity index (χ2n) is 15.1. The van der Waals surface area contributed by atoms with Gasteiger partial charge in [0, 0.05) is 16.5 Å². The number of allylic oxidation sites excluding steroid dienone is 2. The molecule has 318 valence electrons. The molecule has 0 aliphatic carbocycles. The molecule has 0 bridgehead atoms. The molecule has 0 aliphatic rings. The van der Waals surface area contributed by atoms with Crippen molar-refractivity contribution < 1.29 is 31.5 Å². The number of aliphatic hydroxyl groups excluding tert-OH is 2. The fourth-order valence-electron chi connectivity index (χ4n) is 6.93. The molecule has 5 heteroatoms. The molecule has 0 unspecified atom stereocenters. The quantitative estimate of drug-likeness (QED) is 0.0184. The summed E-state index contributed by atoms with van der Waals surface area (Å²) in [6.45, 7) is 9.32. The Hall–Kier alpha value is -3.81. The molecule has 0 saturated heterocycles. The first-order valence-corrected chi connectivity index (χ1v) is 22.2. The fraction of sp³-hybridized carbons (Fsp3) is 0.472. The van der Waals surface area contributed by atoms with Crippen LogP contribution in [0.4, 0.5) is 0 Å². The van der Waals surface area contributed by atoms with Gasteiger partial charge in [0.1, 0.15) is 0 Å². The molecule has 0 aliphatic heterocycles. The topological polar surface area (TPSA) is 76.9 Å². The van der Waals surface area contributed by atoms with E-state index in [1.807, 2.05) is 60.7 Å². The van der Waals surface area contributed by atoms with E-state index in [0.717, 1.165) is 61.6 Å². The van der Waals surface area contributed by atoms with Crippen LogP contribution in [0.3, 0.4) is 0 Å². The predicted octanol–water partition coefficient (Wildman–Crippen LogP) is 14.5. The van der Waals surface area contributed by atoms with Gasteiger partial charge in [0.25, 0.3) is 0 Å². The van der Waals surface area contributed by atoms with E-state index in [-0.39, 0.29) is 29.7 Å². The zero-order chi connectivity index (χ0) is 41.2. The van der Waals surface area contributed by atoms with Gasteiger partial charge in [0.05, 0.1) is 18.8 Å². The van der Waals surface area contributed by atoms with Crippen molar-refractivity contribution >= 4 is 11.4 Å². The molecule has 0 heterocycles. The molecule has 0 fully saturated rings. The van der Waals surface area contributed by atoms with E-state index in [1.165, 1.54) is 110 Å². The van der Waals surface area contributed by atoms with Crippen molar-refractivity contribution in [2.24, 2.45) is 0 Å². The summed E-state index contributed by atoms with van der Waals surface area (Å²) in [4.78, 5) is 3.44. The maximum absolute atomic E-state index is 9.62. The van der Waals surface area contributed by atoms with Crippen molar-refractivity contribution in [2.45, 2.75) is 163 Å². The van der Waals surface area contributed by atoms with E-state index in [0.29, 0.717) is 0 Å². The third kappa shape index (κ3) is 22.4. The summed E-state index contributed by atoms with van der Waals surface area (Å²) < 4.78 is 0. The number of aliphatic hydroxyl groups is 2. The van der Waals surface area contributed by atoms with Gasteiger partial charge in [0.15, 0.2) is 0 Å². The number of hydrogen-bond acceptors (Lipinski definition) is 2. The van der Waals surface area contributed by atoms with Crippen LogP contribution in [0.1, 0.15) is 170 Å². The van der Waals surface area contributed by atoms with E-state index in [4.69, 9.17) is 10.2 Å². The van der Waals surface area contributed by atoms with Crippen molar-refractivity contribution in [1.29, 1.82) is 0 Å². The van der Waals surface area contributed by atoms with Gasteiger partial charge in [-0.1, -0.05) is 208 Å². The van der Waals surface area contributed by atoms with Crippen LogP contribution in [0.5, 0.6) is 0 Å². The summed E-state index contributed by atoms with van der Waals surface area (Å²) in [5.74, 6) is 3.03. The molecule has 0 saturated carbocycles. The van der Waals surface area contributed by atoms with Gasteiger partial charge in [0.2, 0.25) is 0 Å². The van der Waals surface area contributed by atoms with Crippen molar-refractivity contribution in [3.05, 3.63) is 159 Å². The zero-order valence-corrected chi connectivity index (χ0v) is 37.3. The molecule has 0 atom stereocenters. The average Bonchev–Trinajstić information content (AvgIpc) is 3.26. The Morgan fingerprint density at radius 3 is 1.48 bits per heavy atom. The second-order valence-corrected chi connectivity index (χ2v) is 15.1. The number of rotatable bonds is 24. The third-order valence-corrected chi connectivity index (χ3v) is 10.3. The standard InChI is InChI=1S/C39H58N2.2C7H8O.Ni/c1-5-9-13-15-16-19-21-33-27-29-35(30-28-33)39(36-25-20-23-34(31-36)22-18-14-10-6-2)38(26-17-11-7-3)37(32-41-40)24-12-8-4;2*8-6-7-4-2-1-3-5-7;/h20,23,25,27-31H,5-19,21-22,24,26H2,1-4H3;2*1-5,8H,6H2;. The first-order chi connectivity index (χ1) is 28.0. The average molecular weight is 830 g/mol.